The molecule has 1 fully saturated rings. The highest BCUT2D eigenvalue weighted by atomic mass is 16.5. The van der Waals surface area contributed by atoms with Crippen molar-refractivity contribution in [3.05, 3.63) is 17.7 Å². The number of β-amino-alcohol motifs (C(OH)–C–C–N with tert-alkyl or cyclic N) is 1. The Balaban J connectivity index is 2.33. The monoisotopic (exact) mass is 295 g/mol. The fourth-order valence-corrected chi connectivity index (χ4v) is 3.02. The molecule has 2 heterocycles. The Morgan fingerprint density at radius 2 is 2.24 bits per heavy atom. The van der Waals surface area contributed by atoms with Gasteiger partial charge < -0.3 is 19.7 Å². The molecule has 1 saturated heterocycles. The molecular weight excluding hydrogens is 266 g/mol. The van der Waals surface area contributed by atoms with Gasteiger partial charge in [-0.1, -0.05) is 20.8 Å². The van der Waals surface area contributed by atoms with Crippen LogP contribution in [0.15, 0.2) is 6.20 Å². The van der Waals surface area contributed by atoms with Crippen LogP contribution in [-0.2, 0) is 22.3 Å². The quantitative estimate of drug-likeness (QED) is 0.813. The molecule has 0 saturated carbocycles. The summed E-state index contributed by atoms with van der Waals surface area (Å²) in [7, 11) is 1.72. The van der Waals surface area contributed by atoms with Gasteiger partial charge in [0.1, 0.15) is 11.4 Å². The van der Waals surface area contributed by atoms with Gasteiger partial charge in [0.05, 0.1) is 0 Å². The first kappa shape index (κ1) is 16.5. The van der Waals surface area contributed by atoms with Crippen LogP contribution in [0.5, 0.6) is 0 Å². The average Bonchev–Trinajstić information content (AvgIpc) is 2.84. The number of methoxy groups -OCH3 is 1. The van der Waals surface area contributed by atoms with Gasteiger partial charge in [-0.05, 0) is 25.8 Å². The first-order valence-electron chi connectivity index (χ1n) is 7.87. The standard InChI is InChI=1S/C16H29N3O2/c1-15(2,3)13-11-18-14(19(13)9-6-10-21-4)16(20)7-5-8-17-12-16/h11,17,20H,5-10,12H2,1-4H3. The van der Waals surface area contributed by atoms with E-state index in [4.69, 9.17) is 4.74 Å². The van der Waals surface area contributed by atoms with E-state index in [0.717, 1.165) is 44.8 Å². The first-order valence-corrected chi connectivity index (χ1v) is 7.87. The van der Waals surface area contributed by atoms with E-state index in [0.29, 0.717) is 6.54 Å². The topological polar surface area (TPSA) is 59.3 Å². The van der Waals surface area contributed by atoms with Crippen molar-refractivity contribution in [3.8, 4) is 0 Å². The maximum Gasteiger partial charge on any atom is 0.142 e. The Morgan fingerprint density at radius 3 is 2.81 bits per heavy atom. The van der Waals surface area contributed by atoms with Gasteiger partial charge in [-0.2, -0.15) is 0 Å². The van der Waals surface area contributed by atoms with Crippen molar-refractivity contribution >= 4 is 0 Å². The van der Waals surface area contributed by atoms with E-state index in [-0.39, 0.29) is 5.41 Å². The van der Waals surface area contributed by atoms with Crippen LogP contribution < -0.4 is 5.32 Å². The van der Waals surface area contributed by atoms with Gasteiger partial charge in [0.2, 0.25) is 0 Å². The molecule has 0 spiro atoms. The molecular formula is C16H29N3O2. The zero-order chi connectivity index (χ0) is 15.5. The van der Waals surface area contributed by atoms with E-state index in [1.165, 1.54) is 5.69 Å². The van der Waals surface area contributed by atoms with E-state index in [1.54, 1.807) is 7.11 Å². The second-order valence-electron chi connectivity index (χ2n) is 7.03. The summed E-state index contributed by atoms with van der Waals surface area (Å²) < 4.78 is 7.37. The lowest BCUT2D eigenvalue weighted by Crippen LogP contribution is -2.45. The minimum Gasteiger partial charge on any atom is -0.385 e. The summed E-state index contributed by atoms with van der Waals surface area (Å²) in [6.07, 6.45) is 4.60. The third kappa shape index (κ3) is 3.65. The molecule has 5 heteroatoms. The summed E-state index contributed by atoms with van der Waals surface area (Å²) in [5.74, 6) is 0.802. The fourth-order valence-electron chi connectivity index (χ4n) is 3.02. The molecule has 0 bridgehead atoms. The lowest BCUT2D eigenvalue weighted by molar-refractivity contribution is 0.0000717. The molecule has 1 unspecified atom stereocenters. The van der Waals surface area contributed by atoms with Crippen LogP contribution in [0, 0.1) is 0 Å². The number of aromatic nitrogens is 2. The molecule has 0 aromatic carbocycles. The van der Waals surface area contributed by atoms with Crippen molar-refractivity contribution in [2.75, 3.05) is 26.8 Å². The van der Waals surface area contributed by atoms with Crippen molar-refractivity contribution in [3.63, 3.8) is 0 Å². The minimum atomic E-state index is -0.852. The molecule has 0 amide bonds. The molecule has 120 valence electrons. The molecule has 2 rings (SSSR count). The fraction of sp³-hybridized carbons (Fsp3) is 0.812. The number of hydrogen-bond donors (Lipinski definition) is 2. The highest BCUT2D eigenvalue weighted by Crippen LogP contribution is 2.32. The van der Waals surface area contributed by atoms with Crippen molar-refractivity contribution in [2.45, 2.75) is 57.6 Å². The number of piperidine rings is 1. The lowest BCUT2D eigenvalue weighted by atomic mass is 9.91. The molecule has 0 radical (unpaired) electrons. The Morgan fingerprint density at radius 1 is 1.48 bits per heavy atom. The third-order valence-electron chi connectivity index (χ3n) is 4.13. The third-order valence-corrected chi connectivity index (χ3v) is 4.13. The second kappa shape index (κ2) is 6.46. The highest BCUT2D eigenvalue weighted by Gasteiger charge is 2.37. The Kier molecular flexibility index (Phi) is 5.07. The zero-order valence-electron chi connectivity index (χ0n) is 13.8. The first-order chi connectivity index (χ1) is 9.88. The van der Waals surface area contributed by atoms with E-state index < -0.39 is 5.60 Å². The SMILES string of the molecule is COCCCn1c(C(C)(C)C)cnc1C1(O)CCCNC1. The Labute approximate surface area is 127 Å². The van der Waals surface area contributed by atoms with Crippen LogP contribution in [0.1, 0.15) is 51.6 Å². The van der Waals surface area contributed by atoms with Crippen molar-refractivity contribution in [2.24, 2.45) is 0 Å². The molecule has 1 aliphatic rings. The highest BCUT2D eigenvalue weighted by molar-refractivity contribution is 5.19. The maximum absolute atomic E-state index is 11.0. The second-order valence-corrected chi connectivity index (χ2v) is 7.03. The van der Waals surface area contributed by atoms with Gasteiger partial charge in [0, 0.05) is 44.1 Å². The molecule has 5 nitrogen and oxygen atoms in total. The predicted octanol–water partition coefficient (Wildman–Crippen LogP) is 1.79. The van der Waals surface area contributed by atoms with Gasteiger partial charge in [0.25, 0.3) is 0 Å². The van der Waals surface area contributed by atoms with Crippen molar-refractivity contribution in [1.82, 2.24) is 14.9 Å². The normalized spacial score (nSPS) is 23.5. The van der Waals surface area contributed by atoms with E-state index in [9.17, 15) is 5.11 Å². The smallest absolute Gasteiger partial charge is 0.142 e. The number of rotatable bonds is 5. The van der Waals surface area contributed by atoms with Gasteiger partial charge >= 0.3 is 0 Å². The summed E-state index contributed by atoms with van der Waals surface area (Å²) in [5.41, 5.74) is 0.332. The zero-order valence-corrected chi connectivity index (χ0v) is 13.8. The van der Waals surface area contributed by atoms with E-state index in [2.05, 4.69) is 35.6 Å². The lowest BCUT2D eigenvalue weighted by Gasteiger charge is -2.33. The number of aliphatic hydroxyl groups is 1. The van der Waals surface area contributed by atoms with Crippen LogP contribution in [0.3, 0.4) is 0 Å². The summed E-state index contributed by atoms with van der Waals surface area (Å²) in [4.78, 5) is 4.59. The number of nitrogens with one attached hydrogen (secondary N) is 1. The van der Waals surface area contributed by atoms with Gasteiger partial charge in [0.15, 0.2) is 0 Å². The molecule has 1 aliphatic heterocycles. The number of hydrogen-bond acceptors (Lipinski definition) is 4. The van der Waals surface area contributed by atoms with E-state index >= 15 is 0 Å². The summed E-state index contributed by atoms with van der Waals surface area (Å²) in [6, 6.07) is 0. The average molecular weight is 295 g/mol. The predicted molar refractivity (Wildman–Crippen MR) is 83.4 cm³/mol. The van der Waals surface area contributed by atoms with Gasteiger partial charge in [-0.15, -0.1) is 0 Å². The van der Waals surface area contributed by atoms with Crippen LogP contribution in [0.2, 0.25) is 0 Å². The molecule has 1 atom stereocenters. The minimum absolute atomic E-state index is 0.0107. The molecule has 1 aromatic heterocycles. The van der Waals surface area contributed by atoms with Gasteiger partial charge in [-0.25, -0.2) is 4.98 Å². The van der Waals surface area contributed by atoms with Crippen LogP contribution in [-0.4, -0.2) is 41.5 Å². The van der Waals surface area contributed by atoms with Crippen molar-refractivity contribution < 1.29 is 9.84 Å². The van der Waals surface area contributed by atoms with Crippen LogP contribution in [0.4, 0.5) is 0 Å². The summed E-state index contributed by atoms with van der Waals surface area (Å²) >= 11 is 0. The number of ether oxygens (including phenoxy) is 1. The molecule has 0 aliphatic carbocycles. The summed E-state index contributed by atoms with van der Waals surface area (Å²) in [5, 5.41) is 14.3. The Bertz CT molecular complexity index is 457. The van der Waals surface area contributed by atoms with Gasteiger partial charge in [-0.3, -0.25) is 0 Å². The number of nitrogens with zero attached hydrogens (tertiary/aromatic N) is 2. The molecule has 1 aromatic rings. The molecule has 2 N–H and O–H groups in total. The summed E-state index contributed by atoms with van der Waals surface area (Å²) in [6.45, 7) is 9.66. The Hall–Kier alpha value is -0.910. The van der Waals surface area contributed by atoms with Crippen LogP contribution in [0.25, 0.3) is 0 Å². The molecule has 21 heavy (non-hydrogen) atoms. The van der Waals surface area contributed by atoms with Crippen LogP contribution >= 0.6 is 0 Å². The van der Waals surface area contributed by atoms with E-state index in [1.807, 2.05) is 6.20 Å². The van der Waals surface area contributed by atoms with Crippen molar-refractivity contribution in [1.29, 1.82) is 0 Å². The largest absolute Gasteiger partial charge is 0.385 e. The maximum atomic E-state index is 11.0. The number of imidazole rings is 1.